The summed E-state index contributed by atoms with van der Waals surface area (Å²) in [6, 6.07) is 17.5. The van der Waals surface area contributed by atoms with E-state index in [0.717, 1.165) is 11.1 Å². The minimum Gasteiger partial charge on any atom is -0.496 e. The van der Waals surface area contributed by atoms with Gasteiger partial charge >= 0.3 is 0 Å². The molecule has 1 heterocycles. The number of amides is 3. The number of anilines is 2. The molecule has 4 aromatic rings. The van der Waals surface area contributed by atoms with E-state index in [4.69, 9.17) is 15.2 Å². The average Bonchev–Trinajstić information content (AvgIpc) is 3.71. The predicted octanol–water partition coefficient (Wildman–Crippen LogP) is 5.11. The molecule has 3 aromatic carbocycles. The molecule has 1 aromatic heterocycles. The maximum Gasteiger partial charge on any atom is 0.252 e. The topological polar surface area (TPSA) is 133 Å². The van der Waals surface area contributed by atoms with Crippen molar-refractivity contribution in [3.05, 3.63) is 83.6 Å². The van der Waals surface area contributed by atoms with Gasteiger partial charge in [-0.2, -0.15) is 0 Å². The number of benzene rings is 3. The van der Waals surface area contributed by atoms with Gasteiger partial charge < -0.3 is 25.8 Å². The second-order valence-electron chi connectivity index (χ2n) is 9.74. The maximum absolute atomic E-state index is 13.1. The van der Waals surface area contributed by atoms with Gasteiger partial charge in [0.05, 0.1) is 18.2 Å². The summed E-state index contributed by atoms with van der Waals surface area (Å²) in [5.41, 5.74) is 8.51. The third-order valence-corrected chi connectivity index (χ3v) is 6.73. The van der Waals surface area contributed by atoms with Crippen molar-refractivity contribution in [3.8, 4) is 17.2 Å². The summed E-state index contributed by atoms with van der Waals surface area (Å²) in [5, 5.41) is 6.35. The zero-order valence-electron chi connectivity index (χ0n) is 21.8. The highest BCUT2D eigenvalue weighted by Crippen LogP contribution is 2.47. The number of hydrogen-bond donors (Lipinski definition) is 3. The molecule has 3 amide bonds. The number of fused-ring (bicyclic) bond motifs is 1. The first kappa shape index (κ1) is 25.7. The zero-order valence-corrected chi connectivity index (χ0v) is 21.8. The molecule has 1 aliphatic rings. The summed E-state index contributed by atoms with van der Waals surface area (Å²) in [5.74, 6) is 0.0377. The van der Waals surface area contributed by atoms with Crippen molar-refractivity contribution in [1.82, 2.24) is 4.98 Å². The van der Waals surface area contributed by atoms with Crippen molar-refractivity contribution in [1.29, 1.82) is 0 Å². The van der Waals surface area contributed by atoms with Gasteiger partial charge in [-0.1, -0.05) is 6.07 Å². The lowest BCUT2D eigenvalue weighted by atomic mass is 10.0. The highest BCUT2D eigenvalue weighted by molar-refractivity contribution is 6.17. The normalized spacial score (nSPS) is 13.4. The number of primary amides is 1. The molecule has 1 fully saturated rings. The van der Waals surface area contributed by atoms with Crippen LogP contribution in [0.15, 0.2) is 66.9 Å². The number of rotatable bonds is 8. The number of nitrogens with zero attached hydrogens (tertiary/aromatic N) is 1. The second kappa shape index (κ2) is 10.1. The van der Waals surface area contributed by atoms with Crippen molar-refractivity contribution >= 4 is 40.0 Å². The number of nitrogens with one attached hydrogen (secondary N) is 2. The Bertz CT molecular complexity index is 1590. The molecular weight excluding hydrogens is 496 g/mol. The van der Waals surface area contributed by atoms with Crippen molar-refractivity contribution in [3.63, 3.8) is 0 Å². The standard InChI is InChI=1S/C30H28N4O5/c1-17-12-18(2)14-20(13-17)34-29(37)30(9-10-30)28(36)33-19-4-6-21(7-5-19)39-25-8-11-32-24-16-26(38-3)23(27(31)35)15-22(24)25/h4-8,11-16H,9-10H2,1-3H3,(H2,31,35)(H,33,36)(H,34,37). The minimum absolute atomic E-state index is 0.219. The van der Waals surface area contributed by atoms with E-state index in [-0.39, 0.29) is 17.4 Å². The zero-order chi connectivity index (χ0) is 27.7. The van der Waals surface area contributed by atoms with E-state index in [1.54, 1.807) is 48.7 Å². The first-order valence-corrected chi connectivity index (χ1v) is 12.4. The summed E-state index contributed by atoms with van der Waals surface area (Å²) in [7, 11) is 1.46. The van der Waals surface area contributed by atoms with Gasteiger partial charge in [0.25, 0.3) is 5.91 Å². The van der Waals surface area contributed by atoms with Crippen LogP contribution in [0.2, 0.25) is 0 Å². The molecule has 1 aliphatic carbocycles. The molecule has 9 heteroatoms. The molecular formula is C30H28N4O5. The number of aromatic nitrogens is 1. The average molecular weight is 525 g/mol. The van der Waals surface area contributed by atoms with Gasteiger partial charge in [-0.3, -0.25) is 19.4 Å². The van der Waals surface area contributed by atoms with Gasteiger partial charge in [-0.15, -0.1) is 0 Å². The smallest absolute Gasteiger partial charge is 0.252 e. The van der Waals surface area contributed by atoms with Crippen molar-refractivity contribution in [2.24, 2.45) is 11.1 Å². The van der Waals surface area contributed by atoms with Crippen LogP contribution in [0.25, 0.3) is 10.9 Å². The third kappa shape index (κ3) is 5.24. The van der Waals surface area contributed by atoms with Crippen LogP contribution in [0.3, 0.4) is 0 Å². The Labute approximate surface area is 225 Å². The lowest BCUT2D eigenvalue weighted by molar-refractivity contribution is -0.131. The number of carbonyl (C=O) groups is 3. The summed E-state index contributed by atoms with van der Waals surface area (Å²) in [4.78, 5) is 42.3. The second-order valence-corrected chi connectivity index (χ2v) is 9.74. The molecule has 0 saturated heterocycles. The molecule has 5 rings (SSSR count). The molecule has 0 radical (unpaired) electrons. The summed E-state index contributed by atoms with van der Waals surface area (Å²) < 4.78 is 11.3. The highest BCUT2D eigenvalue weighted by atomic mass is 16.5. The van der Waals surface area contributed by atoms with E-state index in [1.807, 2.05) is 32.0 Å². The Morgan fingerprint density at radius 2 is 1.49 bits per heavy atom. The van der Waals surface area contributed by atoms with Crippen LogP contribution in [-0.2, 0) is 9.59 Å². The Morgan fingerprint density at radius 1 is 0.846 bits per heavy atom. The lowest BCUT2D eigenvalue weighted by Gasteiger charge is -2.16. The largest absolute Gasteiger partial charge is 0.496 e. The molecule has 0 bridgehead atoms. The Kier molecular flexibility index (Phi) is 6.66. The number of methoxy groups -OCH3 is 1. The number of aryl methyl sites for hydroxylation is 2. The summed E-state index contributed by atoms with van der Waals surface area (Å²) in [6.07, 6.45) is 2.57. The molecule has 0 spiro atoms. The predicted molar refractivity (Wildman–Crippen MR) is 148 cm³/mol. The molecule has 0 aliphatic heterocycles. The van der Waals surface area contributed by atoms with Gasteiger partial charge in [0.2, 0.25) is 11.8 Å². The van der Waals surface area contributed by atoms with Gasteiger partial charge in [0.1, 0.15) is 22.7 Å². The van der Waals surface area contributed by atoms with E-state index in [1.165, 1.54) is 7.11 Å². The van der Waals surface area contributed by atoms with Crippen molar-refractivity contribution in [2.75, 3.05) is 17.7 Å². The Morgan fingerprint density at radius 3 is 2.08 bits per heavy atom. The fraction of sp³-hybridized carbons (Fsp3) is 0.200. The van der Waals surface area contributed by atoms with Gasteiger partial charge in [0.15, 0.2) is 0 Å². The maximum atomic E-state index is 13.1. The quantitative estimate of drug-likeness (QED) is 0.275. The van der Waals surface area contributed by atoms with Gasteiger partial charge in [-0.05, 0) is 86.3 Å². The van der Waals surface area contributed by atoms with Crippen molar-refractivity contribution in [2.45, 2.75) is 26.7 Å². The third-order valence-electron chi connectivity index (χ3n) is 6.73. The summed E-state index contributed by atoms with van der Waals surface area (Å²) >= 11 is 0. The highest BCUT2D eigenvalue weighted by Gasteiger charge is 2.56. The molecule has 1 saturated carbocycles. The fourth-order valence-corrected chi connectivity index (χ4v) is 4.56. The first-order chi connectivity index (χ1) is 18.7. The van der Waals surface area contributed by atoms with E-state index in [9.17, 15) is 14.4 Å². The van der Waals surface area contributed by atoms with E-state index < -0.39 is 11.3 Å². The molecule has 0 atom stereocenters. The molecule has 39 heavy (non-hydrogen) atoms. The molecule has 9 nitrogen and oxygen atoms in total. The molecule has 198 valence electrons. The van der Waals surface area contributed by atoms with E-state index in [2.05, 4.69) is 15.6 Å². The Balaban J connectivity index is 1.29. The van der Waals surface area contributed by atoms with E-state index >= 15 is 0 Å². The number of carbonyl (C=O) groups excluding carboxylic acids is 3. The van der Waals surface area contributed by atoms with Gasteiger partial charge in [0, 0.05) is 29.0 Å². The van der Waals surface area contributed by atoms with E-state index in [0.29, 0.717) is 52.4 Å². The SMILES string of the molecule is COc1cc2nccc(Oc3ccc(NC(=O)C4(C(=O)Nc5cc(C)cc(C)c5)CC4)cc3)c2cc1C(N)=O. The number of hydrogen-bond acceptors (Lipinski definition) is 6. The van der Waals surface area contributed by atoms with Crippen LogP contribution in [-0.4, -0.2) is 29.8 Å². The molecule has 4 N–H and O–H groups in total. The van der Waals surface area contributed by atoms with Crippen LogP contribution in [0, 0.1) is 19.3 Å². The molecule has 0 unspecified atom stereocenters. The van der Waals surface area contributed by atoms with Crippen molar-refractivity contribution < 1.29 is 23.9 Å². The monoisotopic (exact) mass is 524 g/mol. The number of pyridine rings is 1. The van der Waals surface area contributed by atoms with Crippen LogP contribution in [0.5, 0.6) is 17.2 Å². The van der Waals surface area contributed by atoms with Gasteiger partial charge in [-0.25, -0.2) is 0 Å². The van der Waals surface area contributed by atoms with Crippen LogP contribution in [0.4, 0.5) is 11.4 Å². The van der Waals surface area contributed by atoms with Crippen LogP contribution < -0.4 is 25.8 Å². The lowest BCUT2D eigenvalue weighted by Crippen LogP contribution is -2.35. The first-order valence-electron chi connectivity index (χ1n) is 12.4. The van der Waals surface area contributed by atoms with Crippen LogP contribution in [0.1, 0.15) is 34.3 Å². The Hall–Kier alpha value is -4.92. The minimum atomic E-state index is -1.08. The number of nitrogens with two attached hydrogens (primary N) is 1. The number of ether oxygens (including phenoxy) is 2. The summed E-state index contributed by atoms with van der Waals surface area (Å²) in [6.45, 7) is 3.92. The van der Waals surface area contributed by atoms with Crippen LogP contribution >= 0.6 is 0 Å². The fourth-order valence-electron chi connectivity index (χ4n) is 4.56.